The lowest BCUT2D eigenvalue weighted by molar-refractivity contribution is 0.886. The van der Waals surface area contributed by atoms with E-state index < -0.39 is 0 Å². The normalized spacial score (nSPS) is 14.4. The van der Waals surface area contributed by atoms with Gasteiger partial charge < -0.3 is 0 Å². The first kappa shape index (κ1) is 28.2. The van der Waals surface area contributed by atoms with Crippen LogP contribution < -0.4 is 0 Å². The first-order chi connectivity index (χ1) is 9.83. The van der Waals surface area contributed by atoms with Crippen molar-refractivity contribution in [2.75, 3.05) is 0 Å². The van der Waals surface area contributed by atoms with E-state index in [1.807, 2.05) is 27.7 Å². The third-order valence-electron chi connectivity index (χ3n) is 2.50. The molecule has 0 bridgehead atoms. The molecule has 20 heavy (non-hydrogen) atoms. The molecule has 0 atom stereocenters. The van der Waals surface area contributed by atoms with Crippen molar-refractivity contribution in [2.45, 2.75) is 132 Å². The van der Waals surface area contributed by atoms with Gasteiger partial charge in [0.1, 0.15) is 0 Å². The van der Waals surface area contributed by atoms with Crippen LogP contribution in [0.2, 0.25) is 0 Å². The second-order valence-corrected chi connectivity index (χ2v) is 4.95. The Bertz CT molecular complexity index is 50.8. The minimum Gasteiger partial charge on any atom is -0.0683 e. The van der Waals surface area contributed by atoms with Crippen molar-refractivity contribution in [2.24, 2.45) is 0 Å². The van der Waals surface area contributed by atoms with Crippen LogP contribution in [0.15, 0.2) is 0 Å². The van der Waals surface area contributed by atoms with E-state index in [0.29, 0.717) is 0 Å². The molecule has 128 valence electrons. The molecular weight excluding hydrogens is 240 g/mol. The van der Waals surface area contributed by atoms with E-state index >= 15 is 0 Å². The lowest BCUT2D eigenvalue weighted by Crippen LogP contribution is -1.47. The SMILES string of the molecule is C1CCCC1.C1CCCC1.CC.CC.CCC.CCC. The molecule has 0 radical (unpaired) electrons. The van der Waals surface area contributed by atoms with Gasteiger partial charge in [0.2, 0.25) is 0 Å². The van der Waals surface area contributed by atoms with Crippen molar-refractivity contribution in [3.8, 4) is 0 Å². The van der Waals surface area contributed by atoms with Crippen LogP contribution in [-0.4, -0.2) is 0 Å². The van der Waals surface area contributed by atoms with Gasteiger partial charge in [0.25, 0.3) is 0 Å². The molecule has 0 heterocycles. The molecule has 0 saturated heterocycles. The quantitative estimate of drug-likeness (QED) is 0.417. The van der Waals surface area contributed by atoms with E-state index in [4.69, 9.17) is 0 Å². The minimum atomic E-state index is 1.25. The van der Waals surface area contributed by atoms with Crippen LogP contribution in [0.3, 0.4) is 0 Å². The fraction of sp³-hybridized carbons (Fsp3) is 1.00. The maximum atomic E-state index is 2.12. The molecule has 0 heteroatoms. The topological polar surface area (TPSA) is 0 Å². The summed E-state index contributed by atoms with van der Waals surface area (Å²) in [6, 6.07) is 0. The zero-order chi connectivity index (χ0) is 16.5. The number of hydrogen-bond donors (Lipinski definition) is 0. The zero-order valence-electron chi connectivity index (χ0n) is 16.5. The Morgan fingerprint density at radius 2 is 0.400 bits per heavy atom. The van der Waals surface area contributed by atoms with Gasteiger partial charge in [0.15, 0.2) is 0 Å². The molecule has 0 N–H and O–H groups in total. The van der Waals surface area contributed by atoms with Crippen LogP contribution in [0.25, 0.3) is 0 Å². The molecule has 0 amide bonds. The van der Waals surface area contributed by atoms with E-state index in [2.05, 4.69) is 27.7 Å². The van der Waals surface area contributed by atoms with Crippen molar-refractivity contribution >= 4 is 0 Å². The molecular formula is C20H48. The summed E-state index contributed by atoms with van der Waals surface area (Å²) in [5, 5.41) is 0. The molecule has 0 spiro atoms. The smallest absolute Gasteiger partial charge is 0.0533 e. The van der Waals surface area contributed by atoms with Crippen molar-refractivity contribution in [3.63, 3.8) is 0 Å². The average molecular weight is 289 g/mol. The second kappa shape index (κ2) is 42.8. The Morgan fingerprint density at radius 3 is 0.450 bits per heavy atom. The van der Waals surface area contributed by atoms with Gasteiger partial charge in [0, 0.05) is 0 Å². The number of hydrogen-bond acceptors (Lipinski definition) is 0. The predicted octanol–water partition coefficient (Wildman–Crippen LogP) is 8.79. The lowest BCUT2D eigenvalue weighted by atomic mass is 10.4. The third-order valence-corrected chi connectivity index (χ3v) is 2.50. The standard InChI is InChI=1S/2C5H10.2C3H8.2C2H6/c2*1-2-4-5-3-1;2*1-3-2;2*1-2/h2*1-5H2;2*3H2,1-2H3;2*1-2H3. The van der Waals surface area contributed by atoms with E-state index in [-0.39, 0.29) is 0 Å². The Balaban J connectivity index is -0.0000000810. The maximum Gasteiger partial charge on any atom is -0.0533 e. The van der Waals surface area contributed by atoms with Crippen LogP contribution in [0.5, 0.6) is 0 Å². The van der Waals surface area contributed by atoms with Gasteiger partial charge >= 0.3 is 0 Å². The fourth-order valence-electron chi connectivity index (χ4n) is 1.77. The molecule has 2 fully saturated rings. The van der Waals surface area contributed by atoms with Gasteiger partial charge in [-0.25, -0.2) is 0 Å². The zero-order valence-corrected chi connectivity index (χ0v) is 16.5. The summed E-state index contributed by atoms with van der Waals surface area (Å²) in [7, 11) is 0. The van der Waals surface area contributed by atoms with Gasteiger partial charge in [0.05, 0.1) is 0 Å². The van der Waals surface area contributed by atoms with Crippen molar-refractivity contribution < 1.29 is 0 Å². The molecule has 0 aromatic rings. The summed E-state index contributed by atoms with van der Waals surface area (Å²) in [4.78, 5) is 0. The van der Waals surface area contributed by atoms with Crippen LogP contribution in [0.1, 0.15) is 132 Å². The Kier molecular flexibility index (Phi) is 60.3. The van der Waals surface area contributed by atoms with Crippen molar-refractivity contribution in [1.29, 1.82) is 0 Å². The Hall–Kier alpha value is 0. The summed E-state index contributed by atoms with van der Waals surface area (Å²) in [6.45, 7) is 16.5. The first-order valence-corrected chi connectivity index (χ1v) is 9.83. The van der Waals surface area contributed by atoms with E-state index in [9.17, 15) is 0 Å². The molecule has 2 saturated carbocycles. The van der Waals surface area contributed by atoms with Crippen LogP contribution >= 0.6 is 0 Å². The van der Waals surface area contributed by atoms with E-state index in [0.717, 1.165) is 0 Å². The predicted molar refractivity (Wildman–Crippen MR) is 101 cm³/mol. The van der Waals surface area contributed by atoms with Gasteiger partial charge in [-0.3, -0.25) is 0 Å². The summed E-state index contributed by atoms with van der Waals surface area (Å²) in [5.41, 5.74) is 0. The largest absolute Gasteiger partial charge is 0.0683 e. The van der Waals surface area contributed by atoms with Gasteiger partial charge in [-0.05, 0) is 0 Å². The molecule has 0 aliphatic heterocycles. The van der Waals surface area contributed by atoms with Crippen molar-refractivity contribution in [3.05, 3.63) is 0 Å². The maximum absolute atomic E-state index is 2.12. The summed E-state index contributed by atoms with van der Waals surface area (Å²) < 4.78 is 0. The Morgan fingerprint density at radius 1 is 0.350 bits per heavy atom. The summed E-state index contributed by atoms with van der Waals surface area (Å²) in [6.07, 6.45) is 17.5. The average Bonchev–Trinajstić information content (AvgIpc) is 3.23. The summed E-state index contributed by atoms with van der Waals surface area (Å²) >= 11 is 0. The number of rotatable bonds is 0. The highest BCUT2D eigenvalue weighted by Crippen LogP contribution is 2.15. The first-order valence-electron chi connectivity index (χ1n) is 9.83. The highest BCUT2D eigenvalue weighted by atomic mass is 14.0. The van der Waals surface area contributed by atoms with E-state index in [1.54, 1.807) is 0 Å². The lowest BCUT2D eigenvalue weighted by Gasteiger charge is -1.67. The molecule has 0 aromatic carbocycles. The molecule has 2 rings (SSSR count). The van der Waals surface area contributed by atoms with Crippen LogP contribution in [-0.2, 0) is 0 Å². The highest BCUT2D eigenvalue weighted by molar-refractivity contribution is 4.51. The Labute approximate surface area is 133 Å². The molecule has 0 aromatic heterocycles. The molecule has 0 unspecified atom stereocenters. The van der Waals surface area contributed by atoms with E-state index in [1.165, 1.54) is 77.0 Å². The fourth-order valence-corrected chi connectivity index (χ4v) is 1.77. The summed E-state index contributed by atoms with van der Waals surface area (Å²) in [5.74, 6) is 0. The van der Waals surface area contributed by atoms with Crippen LogP contribution in [0, 0.1) is 0 Å². The molecule has 0 nitrogen and oxygen atoms in total. The van der Waals surface area contributed by atoms with Crippen molar-refractivity contribution in [1.82, 2.24) is 0 Å². The monoisotopic (exact) mass is 288 g/mol. The van der Waals surface area contributed by atoms with Gasteiger partial charge in [-0.2, -0.15) is 0 Å². The van der Waals surface area contributed by atoms with Gasteiger partial charge in [-0.15, -0.1) is 0 Å². The van der Waals surface area contributed by atoms with Crippen LogP contribution in [0.4, 0.5) is 0 Å². The minimum absolute atomic E-state index is 1.25. The second-order valence-electron chi connectivity index (χ2n) is 4.95. The molecule has 2 aliphatic rings. The molecule has 2 aliphatic carbocycles. The highest BCUT2D eigenvalue weighted by Gasteiger charge is 1.95. The van der Waals surface area contributed by atoms with Gasteiger partial charge in [-0.1, -0.05) is 132 Å². The third kappa shape index (κ3) is 52.0.